The molecule has 0 saturated heterocycles. The van der Waals surface area contributed by atoms with Crippen LogP contribution in [-0.4, -0.2) is 21.9 Å². The fraction of sp³-hybridized carbons (Fsp3) is 0.909. The SMILES string of the molecule is C[Si](C)(C)CCC(=O)CC[Si](C)(C)C. The fourth-order valence-electron chi connectivity index (χ4n) is 1.15. The van der Waals surface area contributed by atoms with Gasteiger partial charge in [0.25, 0.3) is 0 Å². The summed E-state index contributed by atoms with van der Waals surface area (Å²) in [5, 5.41) is 0. The van der Waals surface area contributed by atoms with Crippen LogP contribution in [0, 0.1) is 0 Å². The van der Waals surface area contributed by atoms with Crippen LogP contribution in [0.15, 0.2) is 0 Å². The average Bonchev–Trinajstić information content (AvgIpc) is 1.94. The monoisotopic (exact) mass is 230 g/mol. The molecule has 0 amide bonds. The molecule has 0 saturated carbocycles. The van der Waals surface area contributed by atoms with Crippen LogP contribution in [0.2, 0.25) is 51.4 Å². The van der Waals surface area contributed by atoms with Crippen LogP contribution in [0.3, 0.4) is 0 Å². The Bertz CT molecular complexity index is 166. The molecule has 0 radical (unpaired) electrons. The molecule has 14 heavy (non-hydrogen) atoms. The number of Topliss-reactive ketones (excluding diaryl/α,β-unsaturated/α-hetero) is 1. The van der Waals surface area contributed by atoms with Crippen molar-refractivity contribution in [3.63, 3.8) is 0 Å². The molecule has 0 bridgehead atoms. The van der Waals surface area contributed by atoms with Crippen LogP contribution in [-0.2, 0) is 4.79 Å². The molecule has 0 aliphatic heterocycles. The molecule has 0 heterocycles. The first kappa shape index (κ1) is 14.1. The molecule has 0 aromatic rings. The summed E-state index contributed by atoms with van der Waals surface area (Å²) in [4.78, 5) is 11.6. The van der Waals surface area contributed by atoms with Crippen molar-refractivity contribution in [3.05, 3.63) is 0 Å². The molecular formula is C11H26OSi2. The van der Waals surface area contributed by atoms with Crippen molar-refractivity contribution >= 4 is 21.9 Å². The van der Waals surface area contributed by atoms with E-state index in [1.165, 1.54) is 0 Å². The van der Waals surface area contributed by atoms with Crippen LogP contribution >= 0.6 is 0 Å². The molecule has 0 fully saturated rings. The van der Waals surface area contributed by atoms with Crippen LogP contribution in [0.5, 0.6) is 0 Å². The molecule has 0 aromatic carbocycles. The van der Waals surface area contributed by atoms with Gasteiger partial charge in [-0.2, -0.15) is 0 Å². The first-order valence-corrected chi connectivity index (χ1v) is 13.0. The standard InChI is InChI=1S/C11H26OSi2/c1-13(2,3)9-7-11(12)8-10-14(4,5)6/h7-10H2,1-6H3. The molecule has 84 valence electrons. The predicted octanol–water partition coefficient (Wildman–Crippen LogP) is 4.01. The molecule has 0 unspecified atom stereocenters. The fourth-order valence-corrected chi connectivity index (χ4v) is 3.21. The van der Waals surface area contributed by atoms with E-state index < -0.39 is 16.1 Å². The Kier molecular flexibility index (Phi) is 5.30. The van der Waals surface area contributed by atoms with E-state index in [0.29, 0.717) is 5.78 Å². The molecule has 0 spiro atoms. The van der Waals surface area contributed by atoms with Crippen LogP contribution < -0.4 is 0 Å². The normalized spacial score (nSPS) is 13.0. The summed E-state index contributed by atoms with van der Waals surface area (Å²) in [6.45, 7) is 14.0. The third-order valence-corrected chi connectivity index (χ3v) is 5.81. The summed E-state index contributed by atoms with van der Waals surface area (Å²) in [6.07, 6.45) is 1.67. The summed E-state index contributed by atoms with van der Waals surface area (Å²) < 4.78 is 0. The third kappa shape index (κ3) is 10.2. The maximum absolute atomic E-state index is 11.6. The van der Waals surface area contributed by atoms with Gasteiger partial charge in [-0.05, 0) is 0 Å². The first-order chi connectivity index (χ1) is 6.10. The number of hydrogen-bond acceptors (Lipinski definition) is 1. The van der Waals surface area contributed by atoms with Crippen molar-refractivity contribution in [1.29, 1.82) is 0 Å². The largest absolute Gasteiger partial charge is 0.300 e. The van der Waals surface area contributed by atoms with Crippen molar-refractivity contribution in [2.45, 2.75) is 64.2 Å². The van der Waals surface area contributed by atoms with Crippen molar-refractivity contribution < 1.29 is 4.79 Å². The van der Waals surface area contributed by atoms with Crippen LogP contribution in [0.1, 0.15) is 12.8 Å². The zero-order valence-electron chi connectivity index (χ0n) is 10.7. The smallest absolute Gasteiger partial charge is 0.132 e. The van der Waals surface area contributed by atoms with Gasteiger partial charge in [0.15, 0.2) is 0 Å². The van der Waals surface area contributed by atoms with Crippen LogP contribution in [0.4, 0.5) is 0 Å². The second kappa shape index (κ2) is 5.26. The number of carbonyl (C=O) groups excluding carboxylic acids is 1. The van der Waals surface area contributed by atoms with Crippen LogP contribution in [0.25, 0.3) is 0 Å². The highest BCUT2D eigenvalue weighted by atomic mass is 28.3. The number of rotatable bonds is 6. The molecule has 0 aliphatic carbocycles. The molecular weight excluding hydrogens is 204 g/mol. The lowest BCUT2D eigenvalue weighted by Crippen LogP contribution is -2.23. The lowest BCUT2D eigenvalue weighted by Gasteiger charge is -2.17. The van der Waals surface area contributed by atoms with Gasteiger partial charge in [-0.15, -0.1) is 0 Å². The maximum atomic E-state index is 11.6. The Hall–Kier alpha value is 0.104. The van der Waals surface area contributed by atoms with E-state index >= 15 is 0 Å². The van der Waals surface area contributed by atoms with Gasteiger partial charge in [-0.3, -0.25) is 4.79 Å². The van der Waals surface area contributed by atoms with Gasteiger partial charge in [0.05, 0.1) is 0 Å². The summed E-state index contributed by atoms with van der Waals surface area (Å²) in [5.41, 5.74) is 0. The highest BCUT2D eigenvalue weighted by molar-refractivity contribution is 6.76. The van der Waals surface area contributed by atoms with Gasteiger partial charge in [-0.1, -0.05) is 51.4 Å². The Labute approximate surface area is 91.3 Å². The Morgan fingerprint density at radius 2 is 1.07 bits per heavy atom. The topological polar surface area (TPSA) is 17.1 Å². The van der Waals surface area contributed by atoms with Gasteiger partial charge >= 0.3 is 0 Å². The van der Waals surface area contributed by atoms with E-state index in [4.69, 9.17) is 0 Å². The lowest BCUT2D eigenvalue weighted by atomic mass is 10.2. The van der Waals surface area contributed by atoms with Gasteiger partial charge in [0, 0.05) is 29.0 Å². The summed E-state index contributed by atoms with van der Waals surface area (Å²) >= 11 is 0. The molecule has 0 atom stereocenters. The summed E-state index contributed by atoms with van der Waals surface area (Å²) in [7, 11) is -2.01. The highest BCUT2D eigenvalue weighted by Gasteiger charge is 2.18. The second-order valence-electron chi connectivity index (χ2n) is 6.66. The quantitative estimate of drug-likeness (QED) is 0.630. The number of ketones is 1. The van der Waals surface area contributed by atoms with E-state index in [9.17, 15) is 4.79 Å². The number of carbonyl (C=O) groups is 1. The predicted molar refractivity (Wildman–Crippen MR) is 70.5 cm³/mol. The second-order valence-corrected chi connectivity index (χ2v) is 17.9. The first-order valence-electron chi connectivity index (χ1n) is 5.62. The van der Waals surface area contributed by atoms with Crippen molar-refractivity contribution in [3.8, 4) is 0 Å². The zero-order valence-corrected chi connectivity index (χ0v) is 12.7. The third-order valence-electron chi connectivity index (χ3n) is 2.31. The van der Waals surface area contributed by atoms with Gasteiger partial charge in [-0.25, -0.2) is 0 Å². The molecule has 3 heteroatoms. The molecule has 0 N–H and O–H groups in total. The Balaban J connectivity index is 3.68. The maximum Gasteiger partial charge on any atom is 0.132 e. The van der Waals surface area contributed by atoms with E-state index in [1.807, 2.05) is 0 Å². The minimum Gasteiger partial charge on any atom is -0.300 e. The zero-order chi connectivity index (χ0) is 11.4. The summed E-state index contributed by atoms with van der Waals surface area (Å²) in [6, 6.07) is 2.33. The molecule has 1 nitrogen and oxygen atoms in total. The highest BCUT2D eigenvalue weighted by Crippen LogP contribution is 2.16. The lowest BCUT2D eigenvalue weighted by molar-refractivity contribution is -0.118. The average molecular weight is 230 g/mol. The van der Waals surface area contributed by atoms with Crippen molar-refractivity contribution in [2.75, 3.05) is 0 Å². The van der Waals surface area contributed by atoms with Crippen molar-refractivity contribution in [2.24, 2.45) is 0 Å². The van der Waals surface area contributed by atoms with Gasteiger partial charge < -0.3 is 0 Å². The molecule has 0 aromatic heterocycles. The van der Waals surface area contributed by atoms with Crippen molar-refractivity contribution in [1.82, 2.24) is 0 Å². The molecule has 0 rings (SSSR count). The van der Waals surface area contributed by atoms with E-state index in [0.717, 1.165) is 24.9 Å². The van der Waals surface area contributed by atoms with E-state index in [2.05, 4.69) is 39.3 Å². The number of hydrogen-bond donors (Lipinski definition) is 0. The van der Waals surface area contributed by atoms with E-state index in [-0.39, 0.29) is 0 Å². The Morgan fingerprint density at radius 1 is 0.786 bits per heavy atom. The van der Waals surface area contributed by atoms with Gasteiger partial charge in [0.2, 0.25) is 0 Å². The Morgan fingerprint density at radius 3 is 1.29 bits per heavy atom. The van der Waals surface area contributed by atoms with Gasteiger partial charge in [0.1, 0.15) is 5.78 Å². The minimum atomic E-state index is -1.00. The minimum absolute atomic E-state index is 0.495. The summed E-state index contributed by atoms with van der Waals surface area (Å²) in [5.74, 6) is 0.495. The molecule has 0 aliphatic rings. The van der Waals surface area contributed by atoms with E-state index in [1.54, 1.807) is 0 Å².